The Morgan fingerprint density at radius 1 is 1.08 bits per heavy atom. The molecule has 1 fully saturated rings. The van der Waals surface area contributed by atoms with E-state index in [2.05, 4.69) is 5.32 Å². The Morgan fingerprint density at radius 3 is 2.28 bits per heavy atom. The molecular weight excluding hydrogens is 344 g/mol. The number of hydrogen-bond donors (Lipinski definition) is 1. The second-order valence-electron chi connectivity index (χ2n) is 5.41. The number of hydrogen-bond acceptors (Lipinski definition) is 5. The number of β-lactam (4-membered cyclic amide) rings is 1. The largest absolute Gasteiger partial charge is 0.484 e. The molecule has 2 aromatic rings. The van der Waals surface area contributed by atoms with E-state index in [1.54, 1.807) is 42.5 Å². The van der Waals surface area contributed by atoms with Crippen LogP contribution in [0.2, 0.25) is 0 Å². The Morgan fingerprint density at radius 2 is 1.68 bits per heavy atom. The molecule has 3 rings (SSSR count). The van der Waals surface area contributed by atoms with Crippen LogP contribution in [-0.4, -0.2) is 43.7 Å². The minimum absolute atomic E-state index is 0.0422. The lowest BCUT2D eigenvalue weighted by molar-refractivity contribution is -0.140. The molecule has 1 saturated heterocycles. The van der Waals surface area contributed by atoms with Crippen molar-refractivity contribution in [3.63, 3.8) is 0 Å². The predicted octanol–water partition coefficient (Wildman–Crippen LogP) is 0.781. The van der Waals surface area contributed by atoms with Gasteiger partial charge < -0.3 is 10.1 Å². The van der Waals surface area contributed by atoms with Crippen LogP contribution in [0.4, 0.5) is 0 Å². The molecule has 130 valence electrons. The molecule has 1 aliphatic heterocycles. The molecule has 0 saturated carbocycles. The molecule has 0 radical (unpaired) electrons. The van der Waals surface area contributed by atoms with E-state index >= 15 is 0 Å². The van der Waals surface area contributed by atoms with Crippen LogP contribution in [0.25, 0.3) is 0 Å². The molecule has 1 heterocycles. The van der Waals surface area contributed by atoms with Gasteiger partial charge in [-0.2, -0.15) is 0 Å². The van der Waals surface area contributed by atoms with Gasteiger partial charge in [-0.1, -0.05) is 36.4 Å². The van der Waals surface area contributed by atoms with E-state index in [0.717, 1.165) is 4.31 Å². The second kappa shape index (κ2) is 6.94. The van der Waals surface area contributed by atoms with Gasteiger partial charge in [0.15, 0.2) is 6.61 Å². The van der Waals surface area contributed by atoms with Crippen molar-refractivity contribution < 1.29 is 22.7 Å². The molecule has 2 aromatic carbocycles. The van der Waals surface area contributed by atoms with Crippen LogP contribution in [0, 0.1) is 0 Å². The molecule has 1 atom stereocenters. The molecule has 0 aromatic heterocycles. The molecule has 0 unspecified atom stereocenters. The van der Waals surface area contributed by atoms with Crippen molar-refractivity contribution in [1.29, 1.82) is 0 Å². The van der Waals surface area contributed by atoms with E-state index in [-0.39, 0.29) is 18.0 Å². The lowest BCUT2D eigenvalue weighted by Gasteiger charge is -2.37. The number of para-hydroxylation sites is 1. The molecule has 0 aliphatic carbocycles. The zero-order chi connectivity index (χ0) is 17.9. The predicted molar refractivity (Wildman–Crippen MR) is 89.2 cm³/mol. The summed E-state index contributed by atoms with van der Waals surface area (Å²) in [5.74, 6) is -0.609. The minimum atomic E-state index is -3.87. The Kier molecular flexibility index (Phi) is 4.71. The van der Waals surface area contributed by atoms with Crippen LogP contribution < -0.4 is 10.1 Å². The number of nitrogens with one attached hydrogen (secondary N) is 1. The summed E-state index contributed by atoms with van der Waals surface area (Å²) in [6.07, 6.45) is 0. The maximum absolute atomic E-state index is 12.3. The van der Waals surface area contributed by atoms with Gasteiger partial charge in [-0.05, 0) is 24.3 Å². The first kappa shape index (κ1) is 17.0. The number of nitrogens with zero attached hydrogens (tertiary/aromatic N) is 1. The molecule has 25 heavy (non-hydrogen) atoms. The topological polar surface area (TPSA) is 92.8 Å². The Labute approximate surface area is 145 Å². The van der Waals surface area contributed by atoms with Gasteiger partial charge in [-0.15, -0.1) is 0 Å². The Hall–Kier alpha value is -2.87. The van der Waals surface area contributed by atoms with Crippen molar-refractivity contribution in [1.82, 2.24) is 9.62 Å². The zero-order valence-electron chi connectivity index (χ0n) is 13.2. The van der Waals surface area contributed by atoms with Crippen molar-refractivity contribution >= 4 is 21.8 Å². The lowest BCUT2D eigenvalue weighted by atomic mass is 10.1. The lowest BCUT2D eigenvalue weighted by Crippen LogP contribution is -2.65. The van der Waals surface area contributed by atoms with Gasteiger partial charge in [-0.25, -0.2) is 12.7 Å². The fourth-order valence-electron chi connectivity index (χ4n) is 2.34. The first-order chi connectivity index (χ1) is 12.0. The molecule has 2 amide bonds. The van der Waals surface area contributed by atoms with Crippen molar-refractivity contribution in [3.05, 3.63) is 60.7 Å². The van der Waals surface area contributed by atoms with E-state index in [4.69, 9.17) is 4.74 Å². The zero-order valence-corrected chi connectivity index (χ0v) is 14.0. The summed E-state index contributed by atoms with van der Waals surface area (Å²) in [5, 5.41) is 2.47. The SMILES string of the molecule is O=C(COc1ccccc1)N[C@@H]1CN(S(=O)(=O)c2ccccc2)C1=O. The minimum Gasteiger partial charge on any atom is -0.484 e. The number of amides is 2. The summed E-state index contributed by atoms with van der Waals surface area (Å²) < 4.78 is 30.7. The highest BCUT2D eigenvalue weighted by molar-refractivity contribution is 7.89. The highest BCUT2D eigenvalue weighted by atomic mass is 32.2. The third-order valence-electron chi connectivity index (χ3n) is 3.67. The van der Waals surface area contributed by atoms with Crippen LogP contribution in [0.1, 0.15) is 0 Å². The smallest absolute Gasteiger partial charge is 0.266 e. The average molecular weight is 360 g/mol. The fourth-order valence-corrected chi connectivity index (χ4v) is 3.81. The Balaban J connectivity index is 1.54. The van der Waals surface area contributed by atoms with Gasteiger partial charge >= 0.3 is 0 Å². The third kappa shape index (κ3) is 3.63. The van der Waals surface area contributed by atoms with Gasteiger partial charge in [0.2, 0.25) is 0 Å². The highest BCUT2D eigenvalue weighted by Crippen LogP contribution is 2.22. The van der Waals surface area contributed by atoms with Gasteiger partial charge in [0.1, 0.15) is 11.8 Å². The van der Waals surface area contributed by atoms with E-state index in [9.17, 15) is 18.0 Å². The number of carbonyl (C=O) groups excluding carboxylic acids is 2. The number of rotatable bonds is 6. The summed E-state index contributed by atoms with van der Waals surface area (Å²) in [6.45, 7) is -0.341. The second-order valence-corrected chi connectivity index (χ2v) is 7.27. The van der Waals surface area contributed by atoms with Crippen molar-refractivity contribution in [2.75, 3.05) is 13.2 Å². The van der Waals surface area contributed by atoms with E-state index < -0.39 is 27.9 Å². The van der Waals surface area contributed by atoms with Crippen LogP contribution in [0.3, 0.4) is 0 Å². The molecule has 8 heteroatoms. The number of ether oxygens (including phenoxy) is 1. The molecule has 7 nitrogen and oxygen atoms in total. The fraction of sp³-hybridized carbons (Fsp3) is 0.176. The number of benzene rings is 2. The van der Waals surface area contributed by atoms with E-state index in [1.807, 2.05) is 6.07 Å². The van der Waals surface area contributed by atoms with Crippen molar-refractivity contribution in [3.8, 4) is 5.75 Å². The first-order valence-electron chi connectivity index (χ1n) is 7.57. The van der Waals surface area contributed by atoms with Gasteiger partial charge in [0.25, 0.3) is 21.8 Å². The summed E-state index contributed by atoms with van der Waals surface area (Å²) in [5.41, 5.74) is 0. The molecule has 0 spiro atoms. The summed E-state index contributed by atoms with van der Waals surface area (Å²) in [4.78, 5) is 24.0. The molecule has 0 bridgehead atoms. The van der Waals surface area contributed by atoms with Crippen molar-refractivity contribution in [2.24, 2.45) is 0 Å². The quantitative estimate of drug-likeness (QED) is 0.769. The van der Waals surface area contributed by atoms with Gasteiger partial charge in [-0.3, -0.25) is 9.59 Å². The monoisotopic (exact) mass is 360 g/mol. The summed E-state index contributed by atoms with van der Waals surface area (Å²) in [7, 11) is -3.87. The third-order valence-corrected chi connectivity index (χ3v) is 5.45. The summed E-state index contributed by atoms with van der Waals surface area (Å²) >= 11 is 0. The van der Waals surface area contributed by atoms with Crippen molar-refractivity contribution in [2.45, 2.75) is 10.9 Å². The van der Waals surface area contributed by atoms with Crippen LogP contribution >= 0.6 is 0 Å². The first-order valence-corrected chi connectivity index (χ1v) is 9.01. The van der Waals surface area contributed by atoms with E-state index in [0.29, 0.717) is 5.75 Å². The van der Waals surface area contributed by atoms with Gasteiger partial charge in [0.05, 0.1) is 11.4 Å². The van der Waals surface area contributed by atoms with Crippen LogP contribution in [0.5, 0.6) is 5.75 Å². The van der Waals surface area contributed by atoms with Crippen LogP contribution in [0.15, 0.2) is 65.6 Å². The average Bonchev–Trinajstić information content (AvgIpc) is 2.64. The normalized spacial score (nSPS) is 16.9. The maximum atomic E-state index is 12.3. The van der Waals surface area contributed by atoms with E-state index in [1.165, 1.54) is 12.1 Å². The van der Waals surface area contributed by atoms with Gasteiger partial charge in [0, 0.05) is 0 Å². The standard InChI is InChI=1S/C17H16N2O5S/c20-16(12-24-13-7-3-1-4-8-13)18-15-11-19(17(15)21)25(22,23)14-9-5-2-6-10-14/h1-10,15H,11-12H2,(H,18,20)/t15-/m1/s1. The summed E-state index contributed by atoms with van der Waals surface area (Å²) in [6, 6.07) is 15.6. The number of sulfonamides is 1. The maximum Gasteiger partial charge on any atom is 0.266 e. The highest BCUT2D eigenvalue weighted by Gasteiger charge is 2.45. The number of carbonyl (C=O) groups is 2. The molecule has 1 N–H and O–H groups in total. The molecule has 1 aliphatic rings. The molecular formula is C17H16N2O5S. The van der Waals surface area contributed by atoms with Crippen LogP contribution in [-0.2, 0) is 19.6 Å². The Bertz CT molecular complexity index is 868.